The molecule has 2 nitrogen and oxygen atoms in total. The van der Waals surface area contributed by atoms with Crippen LogP contribution in [-0.2, 0) is 0 Å². The Hall–Kier alpha value is 0.137. The van der Waals surface area contributed by atoms with Gasteiger partial charge in [0.05, 0.1) is 0 Å². The van der Waals surface area contributed by atoms with Crippen molar-refractivity contribution >= 4 is 9.12 Å². The lowest BCUT2D eigenvalue weighted by Gasteiger charge is -2.37. The molecule has 0 saturated heterocycles. The molecule has 0 aliphatic heterocycles. The Morgan fingerprint density at radius 2 is 1.82 bits per heavy atom. The maximum absolute atomic E-state index is 6.11. The van der Waals surface area contributed by atoms with Gasteiger partial charge in [-0.3, -0.25) is 0 Å². The average molecular weight is 172 g/mol. The Balaban J connectivity index is 2.49. The summed E-state index contributed by atoms with van der Waals surface area (Å²) in [5.41, 5.74) is 0. The molecule has 0 aromatic rings. The molecule has 0 spiro atoms. The van der Waals surface area contributed by atoms with Gasteiger partial charge < -0.3 is 10.4 Å². The third-order valence-electron chi connectivity index (χ3n) is 3.06. The molecule has 1 aliphatic carbocycles. The standard InChI is InChI=1S/C8H20N2Si/c1-8(11(9)10-2)6-4-3-5-7-8/h10-11H,3-7,9H2,1-2H3. The second-order valence-corrected chi connectivity index (χ2v) is 6.91. The van der Waals surface area contributed by atoms with Crippen LogP contribution in [0.1, 0.15) is 39.0 Å². The van der Waals surface area contributed by atoms with Gasteiger partial charge in [-0.25, -0.2) is 0 Å². The van der Waals surface area contributed by atoms with Gasteiger partial charge in [0.15, 0.2) is 9.12 Å². The molecule has 0 amide bonds. The molecule has 0 radical (unpaired) electrons. The predicted molar refractivity (Wildman–Crippen MR) is 51.8 cm³/mol. The minimum atomic E-state index is -1.13. The fourth-order valence-electron chi connectivity index (χ4n) is 2.02. The first-order chi connectivity index (χ1) is 5.19. The van der Waals surface area contributed by atoms with E-state index in [2.05, 4.69) is 11.9 Å². The normalized spacial score (nSPS) is 26.5. The van der Waals surface area contributed by atoms with Crippen molar-refractivity contribution in [3.63, 3.8) is 0 Å². The molecule has 3 heteroatoms. The first-order valence-electron chi connectivity index (χ1n) is 4.62. The van der Waals surface area contributed by atoms with Crippen molar-refractivity contribution in [3.05, 3.63) is 0 Å². The highest BCUT2D eigenvalue weighted by atomic mass is 28.3. The van der Waals surface area contributed by atoms with E-state index in [9.17, 15) is 0 Å². The SMILES string of the molecule is CN[SiH](N)C1(C)CCCCC1. The molecule has 1 saturated carbocycles. The zero-order chi connectivity index (χ0) is 8.32. The lowest BCUT2D eigenvalue weighted by molar-refractivity contribution is 0.389. The van der Waals surface area contributed by atoms with Crippen LogP contribution in [0, 0.1) is 0 Å². The van der Waals surface area contributed by atoms with Gasteiger partial charge in [0.2, 0.25) is 0 Å². The first-order valence-corrected chi connectivity index (χ1v) is 6.44. The molecule has 66 valence electrons. The maximum Gasteiger partial charge on any atom is 0.187 e. The second-order valence-electron chi connectivity index (χ2n) is 3.98. The van der Waals surface area contributed by atoms with E-state index in [0.717, 1.165) is 0 Å². The van der Waals surface area contributed by atoms with Crippen LogP contribution < -0.4 is 10.4 Å². The fourth-order valence-corrected chi connectivity index (χ4v) is 3.75. The Morgan fingerprint density at radius 3 is 2.27 bits per heavy atom. The summed E-state index contributed by atoms with van der Waals surface area (Å²) in [7, 11) is 0.883. The average Bonchev–Trinajstić information content (AvgIpc) is 2.04. The van der Waals surface area contributed by atoms with Crippen molar-refractivity contribution in [1.29, 1.82) is 0 Å². The predicted octanol–water partition coefficient (Wildman–Crippen LogP) is 1.11. The molecule has 1 atom stereocenters. The van der Waals surface area contributed by atoms with Crippen molar-refractivity contribution < 1.29 is 0 Å². The molecular weight excluding hydrogens is 152 g/mol. The lowest BCUT2D eigenvalue weighted by atomic mass is 9.90. The summed E-state index contributed by atoms with van der Waals surface area (Å²) in [5.74, 6) is 0. The number of nitrogens with two attached hydrogens (primary N) is 1. The molecule has 3 N–H and O–H groups in total. The van der Waals surface area contributed by atoms with E-state index >= 15 is 0 Å². The van der Waals surface area contributed by atoms with E-state index in [0.29, 0.717) is 5.04 Å². The molecule has 0 heterocycles. The smallest absolute Gasteiger partial charge is 0.187 e. The van der Waals surface area contributed by atoms with E-state index in [4.69, 9.17) is 5.40 Å². The fraction of sp³-hybridized carbons (Fsp3) is 1.00. The summed E-state index contributed by atoms with van der Waals surface area (Å²) in [6.07, 6.45) is 6.89. The number of hydrogen-bond acceptors (Lipinski definition) is 2. The van der Waals surface area contributed by atoms with Crippen LogP contribution >= 0.6 is 0 Å². The van der Waals surface area contributed by atoms with E-state index in [1.165, 1.54) is 32.1 Å². The molecule has 1 unspecified atom stereocenters. The summed E-state index contributed by atoms with van der Waals surface area (Å²) in [4.78, 5) is 3.29. The zero-order valence-corrected chi connectivity index (χ0v) is 8.84. The monoisotopic (exact) mass is 172 g/mol. The van der Waals surface area contributed by atoms with E-state index in [1.54, 1.807) is 0 Å². The van der Waals surface area contributed by atoms with E-state index < -0.39 is 9.12 Å². The van der Waals surface area contributed by atoms with E-state index in [-0.39, 0.29) is 0 Å². The van der Waals surface area contributed by atoms with Crippen molar-refractivity contribution in [2.45, 2.75) is 44.1 Å². The number of hydrogen-bond donors (Lipinski definition) is 2. The van der Waals surface area contributed by atoms with Crippen LogP contribution in [0.15, 0.2) is 0 Å². The highest BCUT2D eigenvalue weighted by Crippen LogP contribution is 2.42. The molecule has 0 aromatic carbocycles. The third kappa shape index (κ3) is 2.04. The molecule has 11 heavy (non-hydrogen) atoms. The van der Waals surface area contributed by atoms with Crippen LogP contribution in [0.25, 0.3) is 0 Å². The van der Waals surface area contributed by atoms with Gasteiger partial charge in [-0.15, -0.1) is 0 Å². The van der Waals surface area contributed by atoms with Crippen LogP contribution in [0.2, 0.25) is 5.04 Å². The van der Waals surface area contributed by atoms with Crippen molar-refractivity contribution in [2.75, 3.05) is 7.05 Å². The van der Waals surface area contributed by atoms with Crippen molar-refractivity contribution in [1.82, 2.24) is 4.98 Å². The van der Waals surface area contributed by atoms with Crippen LogP contribution in [0.5, 0.6) is 0 Å². The minimum Gasteiger partial charge on any atom is -0.341 e. The lowest BCUT2D eigenvalue weighted by Crippen LogP contribution is -2.50. The number of rotatable bonds is 2. The van der Waals surface area contributed by atoms with Crippen molar-refractivity contribution in [2.24, 2.45) is 5.40 Å². The Bertz CT molecular complexity index is 121. The van der Waals surface area contributed by atoms with Crippen molar-refractivity contribution in [3.8, 4) is 0 Å². The van der Waals surface area contributed by atoms with Gasteiger partial charge in [-0.2, -0.15) is 0 Å². The van der Waals surface area contributed by atoms with Gasteiger partial charge >= 0.3 is 0 Å². The molecule has 1 fully saturated rings. The highest BCUT2D eigenvalue weighted by molar-refractivity contribution is 6.56. The Kier molecular flexibility index (Phi) is 3.10. The van der Waals surface area contributed by atoms with Gasteiger partial charge in [0, 0.05) is 0 Å². The van der Waals surface area contributed by atoms with Crippen LogP contribution in [0.4, 0.5) is 0 Å². The molecular formula is C8H20N2Si. The third-order valence-corrected chi connectivity index (χ3v) is 5.76. The summed E-state index contributed by atoms with van der Waals surface area (Å²) in [6, 6.07) is 0. The molecule has 0 bridgehead atoms. The molecule has 0 aromatic heterocycles. The number of nitrogens with one attached hydrogen (secondary N) is 1. The summed E-state index contributed by atoms with van der Waals surface area (Å²) >= 11 is 0. The summed E-state index contributed by atoms with van der Waals surface area (Å²) < 4.78 is 0. The summed E-state index contributed by atoms with van der Waals surface area (Å²) in [5, 5.41) is 6.60. The maximum atomic E-state index is 6.11. The highest BCUT2D eigenvalue weighted by Gasteiger charge is 2.33. The van der Waals surface area contributed by atoms with E-state index in [1.807, 2.05) is 7.05 Å². The largest absolute Gasteiger partial charge is 0.341 e. The Labute approximate surface area is 71.3 Å². The Morgan fingerprint density at radius 1 is 1.27 bits per heavy atom. The topological polar surface area (TPSA) is 38.0 Å². The van der Waals surface area contributed by atoms with Crippen LogP contribution in [-0.4, -0.2) is 16.2 Å². The van der Waals surface area contributed by atoms with Gasteiger partial charge in [-0.05, 0) is 24.9 Å². The summed E-state index contributed by atoms with van der Waals surface area (Å²) in [6.45, 7) is 2.36. The first kappa shape index (κ1) is 9.23. The van der Waals surface area contributed by atoms with Gasteiger partial charge in [0.25, 0.3) is 0 Å². The van der Waals surface area contributed by atoms with Gasteiger partial charge in [0.1, 0.15) is 0 Å². The quantitative estimate of drug-likeness (QED) is 0.612. The second kappa shape index (κ2) is 3.69. The molecule has 1 aliphatic rings. The molecule has 1 rings (SSSR count). The minimum absolute atomic E-state index is 0.493. The zero-order valence-electron chi connectivity index (χ0n) is 7.69. The van der Waals surface area contributed by atoms with Crippen LogP contribution in [0.3, 0.4) is 0 Å². The van der Waals surface area contributed by atoms with Gasteiger partial charge in [-0.1, -0.05) is 26.2 Å².